The Morgan fingerprint density at radius 1 is 0.936 bits per heavy atom. The Morgan fingerprint density at radius 3 is 2.28 bits per heavy atom. The first-order valence-corrected chi connectivity index (χ1v) is 15.5. The van der Waals surface area contributed by atoms with E-state index in [9.17, 15) is 34.8 Å². The number of carbonyl (C=O) groups is 3. The van der Waals surface area contributed by atoms with Crippen LogP contribution in [0.25, 0.3) is 23.1 Å². The van der Waals surface area contributed by atoms with Crippen LogP contribution in [-0.2, 0) is 20.8 Å². The Labute approximate surface area is 279 Å². The molecule has 0 radical (unpaired) electrons. The van der Waals surface area contributed by atoms with Gasteiger partial charge in [-0.25, -0.2) is 0 Å². The molecule has 1 heterocycles. The number of nitrogens with one attached hydrogen (secondary N) is 4. The van der Waals surface area contributed by atoms with Crippen molar-refractivity contribution in [3.05, 3.63) is 93.9 Å². The van der Waals surface area contributed by atoms with Crippen LogP contribution in [0.3, 0.4) is 0 Å². The van der Waals surface area contributed by atoms with E-state index in [0.717, 1.165) is 33.1 Å². The second-order valence-electron chi connectivity index (χ2n) is 11.4. The summed E-state index contributed by atoms with van der Waals surface area (Å²) >= 11 is 3.44. The van der Waals surface area contributed by atoms with Crippen molar-refractivity contribution < 1.29 is 34.8 Å². The van der Waals surface area contributed by atoms with Crippen LogP contribution in [0.1, 0.15) is 37.0 Å². The summed E-state index contributed by atoms with van der Waals surface area (Å²) in [5.41, 5.74) is 8.07. The van der Waals surface area contributed by atoms with Gasteiger partial charge in [0.15, 0.2) is 17.2 Å². The largest absolute Gasteiger partial charge is 0.508 e. The number of nitrogens with two attached hydrogens (primary N) is 1. The van der Waals surface area contributed by atoms with Gasteiger partial charge in [0.25, 0.3) is 5.91 Å². The Balaban J connectivity index is 1.66. The summed E-state index contributed by atoms with van der Waals surface area (Å²) in [6.45, 7) is 3.78. The average Bonchev–Trinajstić information content (AvgIpc) is 3.40. The fraction of sp³-hybridized carbons (Fsp3) is 0.206. The molecule has 0 fully saturated rings. The van der Waals surface area contributed by atoms with Gasteiger partial charge >= 0.3 is 0 Å². The van der Waals surface area contributed by atoms with Gasteiger partial charge in [-0.05, 0) is 77.6 Å². The zero-order valence-corrected chi connectivity index (χ0v) is 27.2. The molecule has 0 aliphatic rings. The SMILES string of the molecule is CC(C)C[C@H](N)C(=O)N/C(=C\c1cc(O)c(O)c(O)c1)C(=O)N[C@@H](Cc1c[nH]c2cc(Br)ccc12)C(=O)N/C=C/c1ccc(O)cc1. The van der Waals surface area contributed by atoms with E-state index in [0.29, 0.717) is 12.0 Å². The summed E-state index contributed by atoms with van der Waals surface area (Å²) in [6.07, 6.45) is 6.33. The molecule has 3 aromatic carbocycles. The maximum Gasteiger partial charge on any atom is 0.268 e. The van der Waals surface area contributed by atoms with Crippen molar-refractivity contribution in [3.63, 3.8) is 0 Å². The smallest absolute Gasteiger partial charge is 0.268 e. The molecule has 3 amide bonds. The quantitative estimate of drug-likeness (QED) is 0.0772. The summed E-state index contributed by atoms with van der Waals surface area (Å²) in [4.78, 5) is 43.5. The van der Waals surface area contributed by atoms with Crippen LogP contribution >= 0.6 is 15.9 Å². The molecule has 10 N–H and O–H groups in total. The highest BCUT2D eigenvalue weighted by Gasteiger charge is 2.26. The van der Waals surface area contributed by atoms with Gasteiger partial charge < -0.3 is 47.1 Å². The van der Waals surface area contributed by atoms with Crippen LogP contribution in [0.15, 0.2) is 77.2 Å². The van der Waals surface area contributed by atoms with Gasteiger partial charge in [0.2, 0.25) is 11.8 Å². The number of hydrogen-bond acceptors (Lipinski definition) is 8. The number of H-pyrrole nitrogens is 1. The molecule has 2 atom stereocenters. The number of phenols is 4. The highest BCUT2D eigenvalue weighted by molar-refractivity contribution is 9.10. The summed E-state index contributed by atoms with van der Waals surface area (Å²) in [6, 6.07) is 12.0. The van der Waals surface area contributed by atoms with Gasteiger partial charge in [-0.15, -0.1) is 0 Å². The number of fused-ring (bicyclic) bond motifs is 1. The molecular formula is C34H36BrN5O7. The normalized spacial score (nSPS) is 13.1. The number of benzene rings is 3. The number of hydrogen-bond donors (Lipinski definition) is 9. The molecule has 0 saturated heterocycles. The molecular weight excluding hydrogens is 670 g/mol. The van der Waals surface area contributed by atoms with Crippen LogP contribution in [0.5, 0.6) is 23.0 Å². The first kappa shape index (κ1) is 34.6. The molecule has 4 rings (SSSR count). The maximum absolute atomic E-state index is 13.8. The zero-order chi connectivity index (χ0) is 34.2. The van der Waals surface area contributed by atoms with Crippen molar-refractivity contribution in [1.82, 2.24) is 20.9 Å². The van der Waals surface area contributed by atoms with Crippen LogP contribution in [0, 0.1) is 5.92 Å². The second-order valence-corrected chi connectivity index (χ2v) is 12.3. The number of halogens is 1. The van der Waals surface area contributed by atoms with Crippen molar-refractivity contribution in [2.75, 3.05) is 0 Å². The van der Waals surface area contributed by atoms with E-state index >= 15 is 0 Å². The van der Waals surface area contributed by atoms with Crippen molar-refractivity contribution in [1.29, 1.82) is 0 Å². The van der Waals surface area contributed by atoms with E-state index in [-0.39, 0.29) is 29.3 Å². The third-order valence-electron chi connectivity index (χ3n) is 7.14. The lowest BCUT2D eigenvalue weighted by molar-refractivity contribution is -0.127. The summed E-state index contributed by atoms with van der Waals surface area (Å²) < 4.78 is 0.855. The van der Waals surface area contributed by atoms with E-state index < -0.39 is 47.1 Å². The Morgan fingerprint density at radius 2 is 1.62 bits per heavy atom. The Kier molecular flexibility index (Phi) is 11.3. The second kappa shape index (κ2) is 15.3. The first-order valence-electron chi connectivity index (χ1n) is 14.7. The van der Waals surface area contributed by atoms with Gasteiger partial charge in [0.05, 0.1) is 6.04 Å². The lowest BCUT2D eigenvalue weighted by atomic mass is 10.0. The molecule has 12 nitrogen and oxygen atoms in total. The van der Waals surface area contributed by atoms with Crippen LogP contribution in [0.2, 0.25) is 0 Å². The standard InChI is InChI=1S/C34H36BrN5O7/c1-18(2)11-25(36)32(45)39-27(12-20-13-29(42)31(44)30(43)14-20)34(47)40-28(15-21-17-38-26-16-22(35)5-8-24(21)26)33(46)37-10-9-19-3-6-23(41)7-4-19/h3-10,12-14,16-18,25,28,38,41-44H,11,15,36H2,1-2H3,(H,37,46)(H,39,45)(H,40,47)/b10-9+,27-12-/t25-,28-/m0/s1. The number of aromatic amines is 1. The highest BCUT2D eigenvalue weighted by atomic mass is 79.9. The Hall–Kier alpha value is -5.27. The average molecular weight is 707 g/mol. The number of carbonyl (C=O) groups excluding carboxylic acids is 3. The van der Waals surface area contributed by atoms with E-state index in [4.69, 9.17) is 5.73 Å². The number of rotatable bonds is 12. The molecule has 4 aromatic rings. The highest BCUT2D eigenvalue weighted by Crippen LogP contribution is 2.36. The molecule has 0 saturated carbocycles. The maximum atomic E-state index is 13.8. The van der Waals surface area contributed by atoms with E-state index in [1.165, 1.54) is 24.4 Å². The minimum absolute atomic E-state index is 0.0567. The van der Waals surface area contributed by atoms with E-state index in [1.54, 1.807) is 24.4 Å². The fourth-order valence-corrected chi connectivity index (χ4v) is 5.13. The van der Waals surface area contributed by atoms with Crippen molar-refractivity contribution >= 4 is 56.7 Å². The van der Waals surface area contributed by atoms with Gasteiger partial charge in [-0.2, -0.15) is 0 Å². The third kappa shape index (κ3) is 9.37. The van der Waals surface area contributed by atoms with Crippen LogP contribution in [-0.4, -0.2) is 55.2 Å². The van der Waals surface area contributed by atoms with Crippen molar-refractivity contribution in [3.8, 4) is 23.0 Å². The molecule has 0 unspecified atom stereocenters. The predicted molar refractivity (Wildman–Crippen MR) is 182 cm³/mol. The van der Waals surface area contributed by atoms with Gasteiger partial charge in [-0.1, -0.05) is 48.0 Å². The zero-order valence-electron chi connectivity index (χ0n) is 25.6. The number of aromatic hydroxyl groups is 4. The van der Waals surface area contributed by atoms with Gasteiger partial charge in [0, 0.05) is 34.2 Å². The minimum Gasteiger partial charge on any atom is -0.508 e. The molecule has 246 valence electrons. The van der Waals surface area contributed by atoms with Gasteiger partial charge in [-0.3, -0.25) is 14.4 Å². The lowest BCUT2D eigenvalue weighted by Crippen LogP contribution is -2.50. The minimum atomic E-state index is -1.15. The van der Waals surface area contributed by atoms with Crippen LogP contribution < -0.4 is 21.7 Å². The van der Waals surface area contributed by atoms with E-state index in [1.807, 2.05) is 32.0 Å². The fourth-order valence-electron chi connectivity index (χ4n) is 4.77. The molecule has 0 aliphatic heterocycles. The van der Waals surface area contributed by atoms with Gasteiger partial charge in [0.1, 0.15) is 17.5 Å². The van der Waals surface area contributed by atoms with E-state index in [2.05, 4.69) is 36.9 Å². The molecule has 0 bridgehead atoms. The number of aromatic nitrogens is 1. The lowest BCUT2D eigenvalue weighted by Gasteiger charge is -2.20. The molecule has 1 aromatic heterocycles. The van der Waals surface area contributed by atoms with Crippen molar-refractivity contribution in [2.24, 2.45) is 11.7 Å². The third-order valence-corrected chi connectivity index (χ3v) is 7.63. The Bertz CT molecular complexity index is 1810. The first-order chi connectivity index (χ1) is 22.3. The van der Waals surface area contributed by atoms with Crippen molar-refractivity contribution in [2.45, 2.75) is 38.8 Å². The molecule has 13 heteroatoms. The summed E-state index contributed by atoms with van der Waals surface area (Å²) in [5.74, 6) is -3.95. The molecule has 0 aliphatic carbocycles. The number of phenolic OH excluding ortho intramolecular Hbond substituents is 4. The summed E-state index contributed by atoms with van der Waals surface area (Å²) in [7, 11) is 0. The molecule has 0 spiro atoms. The summed E-state index contributed by atoms with van der Waals surface area (Å²) in [5, 5.41) is 48.1. The predicted octanol–water partition coefficient (Wildman–Crippen LogP) is 4.10. The monoisotopic (exact) mass is 705 g/mol. The van der Waals surface area contributed by atoms with Crippen LogP contribution in [0.4, 0.5) is 0 Å². The molecule has 47 heavy (non-hydrogen) atoms. The topological polar surface area (TPSA) is 210 Å². The number of amides is 3.